The van der Waals surface area contributed by atoms with Crippen molar-refractivity contribution in [3.63, 3.8) is 0 Å². The lowest BCUT2D eigenvalue weighted by Gasteiger charge is -2.39. The molecule has 2 aromatic rings. The van der Waals surface area contributed by atoms with Crippen LogP contribution in [0.1, 0.15) is 74.6 Å². The fourth-order valence-corrected chi connectivity index (χ4v) is 5.85. The van der Waals surface area contributed by atoms with Crippen LogP contribution in [0, 0.1) is 5.92 Å². The van der Waals surface area contributed by atoms with Crippen LogP contribution in [0.3, 0.4) is 0 Å². The predicted octanol–water partition coefficient (Wildman–Crippen LogP) is 5.48. The van der Waals surface area contributed by atoms with Crippen LogP contribution in [0.25, 0.3) is 0 Å². The molecule has 0 radical (unpaired) electrons. The Hall–Kier alpha value is -1.72. The van der Waals surface area contributed by atoms with E-state index in [1.165, 1.54) is 49.7 Å². The van der Waals surface area contributed by atoms with Crippen molar-refractivity contribution in [2.75, 3.05) is 13.2 Å². The first kappa shape index (κ1) is 21.1. The van der Waals surface area contributed by atoms with Crippen molar-refractivity contribution >= 4 is 0 Å². The second-order valence-corrected chi connectivity index (χ2v) is 9.57. The Morgan fingerprint density at radius 3 is 2.00 bits per heavy atom. The zero-order valence-corrected chi connectivity index (χ0v) is 18.5. The van der Waals surface area contributed by atoms with Crippen LogP contribution in [-0.4, -0.2) is 25.2 Å². The molecule has 3 atom stereocenters. The molecule has 166 valence electrons. The molecular formula is C27H36N2O2. The standard InChI is InChI=1S/C27H36N2O2/c1-3-12-22(13-4-1)25-26(23-14-5-2-6-15-23)29-27(28-25)17-8-11-21(20-27)10-7-16-24-30-18-9-19-31-24/h1-6,12-15,21,24-26,28-29H,7-11,16-20H2/t21-,25-,26-/m1/s1. The Bertz CT molecular complexity index is 759. The van der Waals surface area contributed by atoms with Gasteiger partial charge in [0.2, 0.25) is 0 Å². The third-order valence-corrected chi connectivity index (χ3v) is 7.32. The minimum atomic E-state index is 0.0268. The third kappa shape index (κ3) is 5.04. The lowest BCUT2D eigenvalue weighted by Crippen LogP contribution is -2.52. The SMILES string of the molecule is c1ccc([C@H]2NC3(CCC[C@@H](CCCC4OCCCO4)C3)N[C@@H]2c2ccccc2)cc1. The first-order chi connectivity index (χ1) is 15.3. The minimum Gasteiger partial charge on any atom is -0.353 e. The fourth-order valence-electron chi connectivity index (χ4n) is 5.85. The maximum Gasteiger partial charge on any atom is 0.157 e. The van der Waals surface area contributed by atoms with Crippen LogP contribution < -0.4 is 10.6 Å². The summed E-state index contributed by atoms with van der Waals surface area (Å²) >= 11 is 0. The Balaban J connectivity index is 1.27. The van der Waals surface area contributed by atoms with E-state index in [9.17, 15) is 0 Å². The van der Waals surface area contributed by atoms with Crippen molar-refractivity contribution in [2.24, 2.45) is 5.92 Å². The van der Waals surface area contributed by atoms with Gasteiger partial charge in [-0.15, -0.1) is 0 Å². The van der Waals surface area contributed by atoms with Crippen LogP contribution in [0.15, 0.2) is 60.7 Å². The number of ether oxygens (including phenoxy) is 2. The predicted molar refractivity (Wildman–Crippen MR) is 123 cm³/mol. The highest BCUT2D eigenvalue weighted by Gasteiger charge is 2.47. The third-order valence-electron chi connectivity index (χ3n) is 7.32. The number of hydrogen-bond donors (Lipinski definition) is 2. The van der Waals surface area contributed by atoms with Gasteiger partial charge in [0.05, 0.1) is 31.0 Å². The van der Waals surface area contributed by atoms with E-state index in [1.54, 1.807) is 0 Å². The molecule has 0 bridgehead atoms. The van der Waals surface area contributed by atoms with Gasteiger partial charge in [-0.3, -0.25) is 10.6 Å². The number of nitrogens with one attached hydrogen (secondary N) is 2. The van der Waals surface area contributed by atoms with Gasteiger partial charge in [-0.25, -0.2) is 0 Å². The van der Waals surface area contributed by atoms with E-state index in [0.717, 1.165) is 32.0 Å². The molecule has 1 saturated carbocycles. The van der Waals surface area contributed by atoms with Gasteiger partial charge in [-0.1, -0.05) is 73.5 Å². The van der Waals surface area contributed by atoms with Gasteiger partial charge in [0, 0.05) is 0 Å². The van der Waals surface area contributed by atoms with Gasteiger partial charge >= 0.3 is 0 Å². The zero-order valence-electron chi connectivity index (χ0n) is 18.5. The largest absolute Gasteiger partial charge is 0.353 e. The molecule has 31 heavy (non-hydrogen) atoms. The first-order valence-electron chi connectivity index (χ1n) is 12.2. The number of rotatable bonds is 6. The summed E-state index contributed by atoms with van der Waals surface area (Å²) < 4.78 is 11.5. The monoisotopic (exact) mass is 420 g/mol. The molecule has 4 nitrogen and oxygen atoms in total. The highest BCUT2D eigenvalue weighted by Crippen LogP contribution is 2.44. The Morgan fingerprint density at radius 2 is 1.39 bits per heavy atom. The normalized spacial score (nSPS) is 28.7. The average Bonchev–Trinajstić information content (AvgIpc) is 3.19. The Labute approximate surface area is 186 Å². The molecule has 3 fully saturated rings. The molecule has 1 spiro atoms. The van der Waals surface area contributed by atoms with Crippen molar-refractivity contribution in [3.05, 3.63) is 71.8 Å². The van der Waals surface area contributed by atoms with Gasteiger partial charge in [0.25, 0.3) is 0 Å². The van der Waals surface area contributed by atoms with Crippen molar-refractivity contribution in [2.45, 2.75) is 75.4 Å². The number of benzene rings is 2. The van der Waals surface area contributed by atoms with E-state index in [-0.39, 0.29) is 12.0 Å². The summed E-state index contributed by atoms with van der Waals surface area (Å²) in [7, 11) is 0. The lowest BCUT2D eigenvalue weighted by molar-refractivity contribution is -0.181. The van der Waals surface area contributed by atoms with Crippen molar-refractivity contribution in [3.8, 4) is 0 Å². The molecule has 0 unspecified atom stereocenters. The summed E-state index contributed by atoms with van der Waals surface area (Å²) in [5.74, 6) is 0.753. The summed E-state index contributed by atoms with van der Waals surface area (Å²) in [6.45, 7) is 1.71. The molecular weight excluding hydrogens is 384 g/mol. The summed E-state index contributed by atoms with van der Waals surface area (Å²) in [5, 5.41) is 8.16. The zero-order chi connectivity index (χ0) is 20.9. The van der Waals surface area contributed by atoms with Crippen LogP contribution in [0.4, 0.5) is 0 Å². The van der Waals surface area contributed by atoms with Gasteiger partial charge in [0.1, 0.15) is 0 Å². The van der Waals surface area contributed by atoms with Gasteiger partial charge in [-0.05, 0) is 55.6 Å². The molecule has 2 N–H and O–H groups in total. The Morgan fingerprint density at radius 1 is 0.774 bits per heavy atom. The smallest absolute Gasteiger partial charge is 0.157 e. The lowest BCUT2D eigenvalue weighted by atomic mass is 9.79. The van der Waals surface area contributed by atoms with Crippen LogP contribution in [0.2, 0.25) is 0 Å². The first-order valence-corrected chi connectivity index (χ1v) is 12.2. The summed E-state index contributed by atoms with van der Waals surface area (Å²) in [4.78, 5) is 0. The Kier molecular flexibility index (Phi) is 6.70. The van der Waals surface area contributed by atoms with E-state index >= 15 is 0 Å². The average molecular weight is 421 g/mol. The molecule has 2 aromatic carbocycles. The van der Waals surface area contributed by atoms with Gasteiger partial charge in [0.15, 0.2) is 6.29 Å². The second-order valence-electron chi connectivity index (χ2n) is 9.57. The topological polar surface area (TPSA) is 42.5 Å². The van der Waals surface area contributed by atoms with E-state index in [2.05, 4.69) is 71.3 Å². The number of hydrogen-bond acceptors (Lipinski definition) is 4. The molecule has 2 saturated heterocycles. The molecule has 3 aliphatic rings. The quantitative estimate of drug-likeness (QED) is 0.649. The van der Waals surface area contributed by atoms with E-state index in [1.807, 2.05) is 0 Å². The molecule has 2 heterocycles. The van der Waals surface area contributed by atoms with Crippen molar-refractivity contribution in [1.82, 2.24) is 10.6 Å². The van der Waals surface area contributed by atoms with Crippen molar-refractivity contribution in [1.29, 1.82) is 0 Å². The highest BCUT2D eigenvalue weighted by molar-refractivity contribution is 5.31. The van der Waals surface area contributed by atoms with Crippen LogP contribution >= 0.6 is 0 Å². The molecule has 1 aliphatic carbocycles. The van der Waals surface area contributed by atoms with Crippen molar-refractivity contribution < 1.29 is 9.47 Å². The van der Waals surface area contributed by atoms with Crippen LogP contribution in [0.5, 0.6) is 0 Å². The van der Waals surface area contributed by atoms with E-state index < -0.39 is 0 Å². The molecule has 4 heteroatoms. The van der Waals surface area contributed by atoms with Gasteiger partial charge < -0.3 is 9.47 Å². The summed E-state index contributed by atoms with van der Waals surface area (Å²) in [6.07, 6.45) is 9.56. The highest BCUT2D eigenvalue weighted by atomic mass is 16.7. The van der Waals surface area contributed by atoms with Crippen LogP contribution in [-0.2, 0) is 9.47 Å². The second kappa shape index (κ2) is 9.83. The maximum absolute atomic E-state index is 5.74. The van der Waals surface area contributed by atoms with E-state index in [0.29, 0.717) is 12.1 Å². The fraction of sp³-hybridized carbons (Fsp3) is 0.556. The minimum absolute atomic E-state index is 0.0268. The maximum atomic E-state index is 5.74. The molecule has 0 amide bonds. The summed E-state index contributed by atoms with van der Waals surface area (Å²) in [5.41, 5.74) is 2.77. The van der Waals surface area contributed by atoms with E-state index in [4.69, 9.17) is 9.47 Å². The molecule has 2 aliphatic heterocycles. The summed E-state index contributed by atoms with van der Waals surface area (Å²) in [6, 6.07) is 22.5. The molecule has 0 aromatic heterocycles. The van der Waals surface area contributed by atoms with Gasteiger partial charge in [-0.2, -0.15) is 0 Å². The molecule has 5 rings (SSSR count).